The molecule has 25 heavy (non-hydrogen) atoms. The summed E-state index contributed by atoms with van der Waals surface area (Å²) in [4.78, 5) is 14.1. The predicted molar refractivity (Wildman–Crippen MR) is 96.3 cm³/mol. The van der Waals surface area contributed by atoms with Crippen molar-refractivity contribution in [2.75, 3.05) is 7.11 Å². The van der Waals surface area contributed by atoms with Crippen molar-refractivity contribution in [1.29, 1.82) is 0 Å². The van der Waals surface area contributed by atoms with Gasteiger partial charge in [0.2, 0.25) is 0 Å². The fourth-order valence-corrected chi connectivity index (χ4v) is 2.86. The molecule has 0 unspecified atom stereocenters. The Labute approximate surface area is 146 Å². The maximum atomic E-state index is 11.0. The largest absolute Gasteiger partial charge is 0.497 e. The molecule has 5 nitrogen and oxygen atoms in total. The molecule has 0 aliphatic heterocycles. The molecule has 0 atom stereocenters. The number of ether oxygens (including phenoxy) is 2. The third-order valence-electron chi connectivity index (χ3n) is 4.16. The van der Waals surface area contributed by atoms with Crippen LogP contribution in [0.3, 0.4) is 0 Å². The Morgan fingerprint density at radius 2 is 1.92 bits per heavy atom. The standard InChI is InChI=1S/C20H21NO4/c1-3-13-6-14(8-17(7-13)24-2)12-25-16-4-5-19-18(10-16)15(11-21-19)9-20(22)23/h4-8,10-11,21H,3,9,12H2,1-2H3,(H,22,23). The van der Waals surface area contributed by atoms with E-state index >= 15 is 0 Å². The number of aryl methyl sites for hydroxylation is 1. The molecule has 5 heteroatoms. The second kappa shape index (κ2) is 7.30. The molecule has 2 N–H and O–H groups in total. The first-order chi connectivity index (χ1) is 12.1. The fraction of sp³-hybridized carbons (Fsp3) is 0.250. The normalized spacial score (nSPS) is 10.8. The van der Waals surface area contributed by atoms with E-state index in [4.69, 9.17) is 14.6 Å². The van der Waals surface area contributed by atoms with E-state index in [1.54, 1.807) is 13.3 Å². The van der Waals surface area contributed by atoms with Crippen molar-refractivity contribution < 1.29 is 19.4 Å². The topological polar surface area (TPSA) is 71.6 Å². The zero-order valence-electron chi connectivity index (χ0n) is 14.3. The van der Waals surface area contributed by atoms with Crippen LogP contribution in [0.25, 0.3) is 10.9 Å². The van der Waals surface area contributed by atoms with Crippen molar-refractivity contribution in [1.82, 2.24) is 4.98 Å². The van der Waals surface area contributed by atoms with Crippen LogP contribution in [-0.4, -0.2) is 23.2 Å². The van der Waals surface area contributed by atoms with Gasteiger partial charge in [-0.1, -0.05) is 13.0 Å². The maximum Gasteiger partial charge on any atom is 0.307 e. The summed E-state index contributed by atoms with van der Waals surface area (Å²) in [6, 6.07) is 11.7. The number of H-pyrrole nitrogens is 1. The number of aromatic amines is 1. The molecule has 3 rings (SSSR count). The van der Waals surface area contributed by atoms with Crippen LogP contribution in [0, 0.1) is 0 Å². The third kappa shape index (κ3) is 3.94. The lowest BCUT2D eigenvalue weighted by Crippen LogP contribution is -1.99. The molecule has 3 aromatic rings. The van der Waals surface area contributed by atoms with Crippen LogP contribution in [0.5, 0.6) is 11.5 Å². The van der Waals surface area contributed by atoms with E-state index in [9.17, 15) is 4.79 Å². The van der Waals surface area contributed by atoms with Crippen LogP contribution in [-0.2, 0) is 24.2 Å². The van der Waals surface area contributed by atoms with E-state index in [-0.39, 0.29) is 6.42 Å². The van der Waals surface area contributed by atoms with E-state index in [0.717, 1.165) is 34.2 Å². The molecule has 0 aliphatic carbocycles. The number of fused-ring (bicyclic) bond motifs is 1. The van der Waals surface area contributed by atoms with E-state index in [1.807, 2.05) is 30.3 Å². The van der Waals surface area contributed by atoms with Gasteiger partial charge in [-0.2, -0.15) is 0 Å². The maximum absolute atomic E-state index is 11.0. The number of aromatic nitrogens is 1. The predicted octanol–water partition coefficient (Wildman–Crippen LogP) is 3.95. The average molecular weight is 339 g/mol. The number of carboxylic acids is 1. The minimum atomic E-state index is -0.851. The minimum absolute atomic E-state index is 0.0147. The van der Waals surface area contributed by atoms with Gasteiger partial charge in [0.1, 0.15) is 18.1 Å². The minimum Gasteiger partial charge on any atom is -0.497 e. The second-order valence-electron chi connectivity index (χ2n) is 5.92. The van der Waals surface area contributed by atoms with Crippen molar-refractivity contribution in [3.8, 4) is 11.5 Å². The molecule has 0 fully saturated rings. The summed E-state index contributed by atoms with van der Waals surface area (Å²) < 4.78 is 11.2. The summed E-state index contributed by atoms with van der Waals surface area (Å²) in [5, 5.41) is 9.88. The lowest BCUT2D eigenvalue weighted by molar-refractivity contribution is -0.136. The number of carbonyl (C=O) groups is 1. The van der Waals surface area contributed by atoms with Crippen LogP contribution >= 0.6 is 0 Å². The number of benzene rings is 2. The Hall–Kier alpha value is -2.95. The van der Waals surface area contributed by atoms with E-state index in [1.165, 1.54) is 5.56 Å². The van der Waals surface area contributed by atoms with Gasteiger partial charge in [-0.25, -0.2) is 0 Å². The quantitative estimate of drug-likeness (QED) is 0.684. The van der Waals surface area contributed by atoms with Gasteiger partial charge in [-0.15, -0.1) is 0 Å². The molecule has 0 saturated heterocycles. The summed E-state index contributed by atoms with van der Waals surface area (Å²) in [6.07, 6.45) is 2.65. The van der Waals surface area contributed by atoms with Gasteiger partial charge < -0.3 is 19.6 Å². The highest BCUT2D eigenvalue weighted by Crippen LogP contribution is 2.25. The molecule has 1 aromatic heterocycles. The van der Waals surface area contributed by atoms with Crippen LogP contribution in [0.2, 0.25) is 0 Å². The summed E-state index contributed by atoms with van der Waals surface area (Å²) in [5.41, 5.74) is 3.89. The van der Waals surface area contributed by atoms with Crippen molar-refractivity contribution in [2.45, 2.75) is 26.4 Å². The molecule has 0 spiro atoms. The van der Waals surface area contributed by atoms with Gasteiger partial charge in [-0.3, -0.25) is 4.79 Å². The van der Waals surface area contributed by atoms with Gasteiger partial charge in [-0.05, 0) is 53.4 Å². The van der Waals surface area contributed by atoms with Crippen molar-refractivity contribution in [2.24, 2.45) is 0 Å². The highest BCUT2D eigenvalue weighted by Gasteiger charge is 2.09. The Kier molecular flexibility index (Phi) is 4.93. The van der Waals surface area contributed by atoms with Crippen molar-refractivity contribution in [3.63, 3.8) is 0 Å². The van der Waals surface area contributed by atoms with Crippen molar-refractivity contribution >= 4 is 16.9 Å². The third-order valence-corrected chi connectivity index (χ3v) is 4.16. The molecule has 2 aromatic carbocycles. The van der Waals surface area contributed by atoms with Gasteiger partial charge in [0.05, 0.1) is 13.5 Å². The number of hydrogen-bond acceptors (Lipinski definition) is 3. The number of hydrogen-bond donors (Lipinski definition) is 2. The number of carboxylic acid groups (broad SMARTS) is 1. The molecule has 130 valence electrons. The second-order valence-corrected chi connectivity index (χ2v) is 5.92. The van der Waals surface area contributed by atoms with Gasteiger partial charge >= 0.3 is 5.97 Å². The highest BCUT2D eigenvalue weighted by molar-refractivity contribution is 5.88. The molecule has 0 amide bonds. The molecular formula is C20H21NO4. The number of methoxy groups -OCH3 is 1. The monoisotopic (exact) mass is 339 g/mol. The molecule has 1 heterocycles. The lowest BCUT2D eigenvalue weighted by atomic mass is 10.1. The van der Waals surface area contributed by atoms with E-state index < -0.39 is 5.97 Å². The Balaban J connectivity index is 1.80. The number of aliphatic carboxylic acids is 1. The number of nitrogens with one attached hydrogen (secondary N) is 1. The first-order valence-corrected chi connectivity index (χ1v) is 8.20. The first-order valence-electron chi connectivity index (χ1n) is 8.20. The van der Waals surface area contributed by atoms with E-state index in [0.29, 0.717) is 12.4 Å². The van der Waals surface area contributed by atoms with Gasteiger partial charge in [0.25, 0.3) is 0 Å². The first kappa shape index (κ1) is 16.9. The van der Waals surface area contributed by atoms with E-state index in [2.05, 4.69) is 18.0 Å². The van der Waals surface area contributed by atoms with Crippen LogP contribution < -0.4 is 9.47 Å². The van der Waals surface area contributed by atoms with Crippen LogP contribution in [0.1, 0.15) is 23.6 Å². The summed E-state index contributed by atoms with van der Waals surface area (Å²) in [5.74, 6) is 0.679. The Bertz CT molecular complexity index is 876. The molecule has 0 radical (unpaired) electrons. The zero-order chi connectivity index (χ0) is 17.8. The molecule has 0 aliphatic rings. The van der Waals surface area contributed by atoms with Gasteiger partial charge in [0.15, 0.2) is 0 Å². The van der Waals surface area contributed by atoms with Crippen LogP contribution in [0.4, 0.5) is 0 Å². The zero-order valence-corrected chi connectivity index (χ0v) is 14.3. The summed E-state index contributed by atoms with van der Waals surface area (Å²) in [6.45, 7) is 2.53. The average Bonchev–Trinajstić information content (AvgIpc) is 3.01. The molecular weight excluding hydrogens is 318 g/mol. The number of rotatable bonds is 7. The highest BCUT2D eigenvalue weighted by atomic mass is 16.5. The SMILES string of the molecule is CCc1cc(COc2ccc3[nH]cc(CC(=O)O)c3c2)cc(OC)c1. The summed E-state index contributed by atoms with van der Waals surface area (Å²) in [7, 11) is 1.66. The molecule has 0 saturated carbocycles. The van der Waals surface area contributed by atoms with Crippen LogP contribution in [0.15, 0.2) is 42.6 Å². The Morgan fingerprint density at radius 3 is 2.64 bits per heavy atom. The fourth-order valence-electron chi connectivity index (χ4n) is 2.86. The molecule has 0 bridgehead atoms. The van der Waals surface area contributed by atoms with Crippen molar-refractivity contribution in [3.05, 3.63) is 59.3 Å². The smallest absolute Gasteiger partial charge is 0.307 e. The summed E-state index contributed by atoms with van der Waals surface area (Å²) >= 11 is 0. The lowest BCUT2D eigenvalue weighted by Gasteiger charge is -2.10. The van der Waals surface area contributed by atoms with Gasteiger partial charge in [0, 0.05) is 17.1 Å². The Morgan fingerprint density at radius 1 is 1.12 bits per heavy atom.